The normalized spacial score (nSPS) is 12.2. The maximum Gasteiger partial charge on any atom is 0.411 e. The lowest BCUT2D eigenvalue weighted by molar-refractivity contribution is 0.202. The van der Waals surface area contributed by atoms with Crippen LogP contribution in [0.5, 0.6) is 0 Å². The lowest BCUT2D eigenvalue weighted by Crippen LogP contribution is -2.29. The molecule has 0 aromatic heterocycles. The summed E-state index contributed by atoms with van der Waals surface area (Å²) in [4.78, 5) is 12.6. The maximum absolute atomic E-state index is 11.2. The molecule has 1 N–H and O–H groups in total. The number of nitrogens with zero attached hydrogens (tertiary/aromatic N) is 1. The Bertz CT molecular complexity index is 390. The number of anilines is 1. The van der Waals surface area contributed by atoms with E-state index >= 15 is 0 Å². The quantitative estimate of drug-likeness (QED) is 0.807. The molecule has 0 aliphatic carbocycles. The molecule has 0 saturated carbocycles. The van der Waals surface area contributed by atoms with E-state index in [0.29, 0.717) is 12.5 Å². The van der Waals surface area contributed by atoms with Crippen LogP contribution in [0, 0.1) is 0 Å². The third-order valence-corrected chi connectivity index (χ3v) is 3.15. The Morgan fingerprint density at radius 3 is 2.61 bits per heavy atom. The number of amides is 1. The fourth-order valence-electron chi connectivity index (χ4n) is 2.16. The summed E-state index contributed by atoms with van der Waals surface area (Å²) in [5.74, 6) is 0.479. The minimum atomic E-state index is -0.878. The van der Waals surface area contributed by atoms with E-state index in [1.54, 1.807) is 0 Å². The number of carboxylic acid groups (broad SMARTS) is 1. The second-order valence-corrected chi connectivity index (χ2v) is 4.72. The molecule has 0 radical (unpaired) electrons. The van der Waals surface area contributed by atoms with Crippen LogP contribution in [0.4, 0.5) is 10.5 Å². The molecule has 0 fully saturated rings. The summed E-state index contributed by atoms with van der Waals surface area (Å²) < 4.78 is 0. The maximum atomic E-state index is 11.2. The first-order valence-electron chi connectivity index (χ1n) is 6.70. The van der Waals surface area contributed by atoms with Crippen molar-refractivity contribution in [3.8, 4) is 0 Å². The molecule has 3 nitrogen and oxygen atoms in total. The minimum absolute atomic E-state index is 0.479. The van der Waals surface area contributed by atoms with Gasteiger partial charge < -0.3 is 5.11 Å². The van der Waals surface area contributed by atoms with Gasteiger partial charge in [0, 0.05) is 12.2 Å². The summed E-state index contributed by atoms with van der Waals surface area (Å²) in [5.41, 5.74) is 2.00. The van der Waals surface area contributed by atoms with Crippen LogP contribution in [0.25, 0.3) is 0 Å². The molecule has 0 bridgehead atoms. The van der Waals surface area contributed by atoms with Gasteiger partial charge in [-0.05, 0) is 36.5 Å². The van der Waals surface area contributed by atoms with Crippen LogP contribution >= 0.6 is 0 Å². The molecule has 0 saturated heterocycles. The number of hydrogen-bond donors (Lipinski definition) is 1. The van der Waals surface area contributed by atoms with Gasteiger partial charge in [0.15, 0.2) is 0 Å². The first-order chi connectivity index (χ1) is 8.60. The monoisotopic (exact) mass is 249 g/mol. The first kappa shape index (κ1) is 14.6. The van der Waals surface area contributed by atoms with Crippen molar-refractivity contribution >= 4 is 11.8 Å². The van der Waals surface area contributed by atoms with Gasteiger partial charge in [0.2, 0.25) is 0 Å². The molecule has 0 aliphatic rings. The number of rotatable bonds is 6. The van der Waals surface area contributed by atoms with Crippen LogP contribution in [0.15, 0.2) is 24.3 Å². The van der Waals surface area contributed by atoms with E-state index in [4.69, 9.17) is 0 Å². The lowest BCUT2D eigenvalue weighted by Gasteiger charge is -2.20. The van der Waals surface area contributed by atoms with Crippen molar-refractivity contribution in [2.75, 3.05) is 11.4 Å². The van der Waals surface area contributed by atoms with E-state index in [1.807, 2.05) is 25.1 Å². The van der Waals surface area contributed by atoms with Gasteiger partial charge >= 0.3 is 6.09 Å². The second kappa shape index (κ2) is 7.04. The van der Waals surface area contributed by atoms with Crippen molar-refractivity contribution in [3.63, 3.8) is 0 Å². The summed E-state index contributed by atoms with van der Waals surface area (Å²) in [6.07, 6.45) is 2.21. The molecule has 1 atom stereocenters. The summed E-state index contributed by atoms with van der Waals surface area (Å²) >= 11 is 0. The third kappa shape index (κ3) is 3.76. The average Bonchev–Trinajstić information content (AvgIpc) is 2.36. The smallest absolute Gasteiger partial charge is 0.411 e. The largest absolute Gasteiger partial charge is 0.465 e. The highest BCUT2D eigenvalue weighted by molar-refractivity contribution is 5.86. The zero-order valence-corrected chi connectivity index (χ0v) is 11.5. The van der Waals surface area contributed by atoms with Crippen LogP contribution in [-0.2, 0) is 0 Å². The van der Waals surface area contributed by atoms with Crippen molar-refractivity contribution in [3.05, 3.63) is 29.8 Å². The highest BCUT2D eigenvalue weighted by Crippen LogP contribution is 2.25. The van der Waals surface area contributed by atoms with Gasteiger partial charge in [0.1, 0.15) is 0 Å². The van der Waals surface area contributed by atoms with E-state index in [-0.39, 0.29) is 0 Å². The summed E-state index contributed by atoms with van der Waals surface area (Å²) in [6, 6.07) is 7.90. The second-order valence-electron chi connectivity index (χ2n) is 4.72. The lowest BCUT2D eigenvalue weighted by atomic mass is 9.96. The number of hydrogen-bond acceptors (Lipinski definition) is 1. The van der Waals surface area contributed by atoms with Gasteiger partial charge in [-0.15, -0.1) is 0 Å². The van der Waals surface area contributed by atoms with Crippen molar-refractivity contribution in [2.24, 2.45) is 0 Å². The summed E-state index contributed by atoms with van der Waals surface area (Å²) in [5, 5.41) is 9.22. The molecule has 1 amide bonds. The van der Waals surface area contributed by atoms with Gasteiger partial charge in [-0.1, -0.05) is 39.3 Å². The Morgan fingerprint density at radius 2 is 2.06 bits per heavy atom. The SMILES string of the molecule is CCCC(C)c1cccc(N(CCC)C(=O)O)c1. The Hall–Kier alpha value is -1.51. The van der Waals surface area contributed by atoms with Gasteiger partial charge in [0.05, 0.1) is 0 Å². The molecule has 1 unspecified atom stereocenters. The number of benzene rings is 1. The predicted molar refractivity (Wildman–Crippen MR) is 75.4 cm³/mol. The Balaban J connectivity index is 2.95. The van der Waals surface area contributed by atoms with Crippen molar-refractivity contribution in [2.45, 2.75) is 46.0 Å². The minimum Gasteiger partial charge on any atom is -0.465 e. The van der Waals surface area contributed by atoms with Crippen LogP contribution in [-0.4, -0.2) is 17.7 Å². The van der Waals surface area contributed by atoms with Gasteiger partial charge in [-0.3, -0.25) is 4.90 Å². The Morgan fingerprint density at radius 1 is 1.33 bits per heavy atom. The summed E-state index contributed by atoms with van der Waals surface area (Å²) in [6.45, 7) is 6.88. The fourth-order valence-corrected chi connectivity index (χ4v) is 2.16. The highest BCUT2D eigenvalue weighted by Gasteiger charge is 2.14. The molecular weight excluding hydrogens is 226 g/mol. The van der Waals surface area contributed by atoms with E-state index < -0.39 is 6.09 Å². The van der Waals surface area contributed by atoms with Crippen molar-refractivity contribution in [1.29, 1.82) is 0 Å². The molecule has 100 valence electrons. The van der Waals surface area contributed by atoms with E-state index in [0.717, 1.165) is 24.9 Å². The fraction of sp³-hybridized carbons (Fsp3) is 0.533. The van der Waals surface area contributed by atoms with E-state index in [9.17, 15) is 9.90 Å². The Labute approximate surface area is 109 Å². The number of carbonyl (C=O) groups is 1. The molecule has 18 heavy (non-hydrogen) atoms. The molecule has 1 aromatic rings. The van der Waals surface area contributed by atoms with Crippen molar-refractivity contribution in [1.82, 2.24) is 0 Å². The average molecular weight is 249 g/mol. The molecule has 0 aliphatic heterocycles. The molecule has 3 heteroatoms. The molecule has 1 aromatic carbocycles. The molecular formula is C15H23NO2. The van der Waals surface area contributed by atoms with Gasteiger partial charge in [0.25, 0.3) is 0 Å². The van der Waals surface area contributed by atoms with Crippen LogP contribution in [0.1, 0.15) is 51.5 Å². The van der Waals surface area contributed by atoms with E-state index in [1.165, 1.54) is 10.5 Å². The zero-order chi connectivity index (χ0) is 13.5. The molecule has 1 rings (SSSR count). The van der Waals surface area contributed by atoms with Crippen molar-refractivity contribution < 1.29 is 9.90 Å². The summed E-state index contributed by atoms with van der Waals surface area (Å²) in [7, 11) is 0. The van der Waals surface area contributed by atoms with Gasteiger partial charge in [-0.25, -0.2) is 4.79 Å². The zero-order valence-electron chi connectivity index (χ0n) is 11.5. The standard InChI is InChI=1S/C15H23NO2/c1-4-7-12(3)13-8-6-9-14(11-13)16(10-5-2)15(17)18/h6,8-9,11-12H,4-5,7,10H2,1-3H3,(H,17,18). The van der Waals surface area contributed by atoms with Gasteiger partial charge in [-0.2, -0.15) is 0 Å². The predicted octanol–water partition coefficient (Wildman–Crippen LogP) is 4.48. The van der Waals surface area contributed by atoms with Crippen LogP contribution in [0.3, 0.4) is 0 Å². The molecule has 0 heterocycles. The first-order valence-corrected chi connectivity index (χ1v) is 6.70. The highest BCUT2D eigenvalue weighted by atomic mass is 16.4. The van der Waals surface area contributed by atoms with Crippen LogP contribution < -0.4 is 4.90 Å². The third-order valence-electron chi connectivity index (χ3n) is 3.15. The topological polar surface area (TPSA) is 40.5 Å². The van der Waals surface area contributed by atoms with E-state index in [2.05, 4.69) is 19.9 Å². The van der Waals surface area contributed by atoms with Crippen LogP contribution in [0.2, 0.25) is 0 Å². The molecule has 0 spiro atoms. The Kier molecular flexibility index (Phi) is 5.69.